The van der Waals surface area contributed by atoms with Crippen LogP contribution < -0.4 is 11.3 Å². The first-order valence-corrected chi connectivity index (χ1v) is 6.44. The first kappa shape index (κ1) is 14.3. The summed E-state index contributed by atoms with van der Waals surface area (Å²) in [5, 5.41) is 0. The third-order valence-corrected chi connectivity index (χ3v) is 3.39. The van der Waals surface area contributed by atoms with Crippen molar-refractivity contribution in [3.8, 4) is 0 Å². The number of hydrogen-bond donors (Lipinski definition) is 1. The molecular weight excluding hydrogens is 260 g/mol. The average Bonchev–Trinajstić information content (AvgIpc) is 2.41. The lowest BCUT2D eigenvalue weighted by Crippen LogP contribution is -2.50. The molecule has 2 heterocycles. The van der Waals surface area contributed by atoms with Gasteiger partial charge in [0.25, 0.3) is 11.5 Å². The van der Waals surface area contributed by atoms with E-state index >= 15 is 0 Å². The van der Waals surface area contributed by atoms with Gasteiger partial charge in [-0.1, -0.05) is 0 Å². The van der Waals surface area contributed by atoms with E-state index in [1.807, 2.05) is 4.90 Å². The standard InChI is InChI=1S/C13H18N4O3/c1-15-3-2-10(8-12(15)19)13(20)17-6-4-16(5-7-17)9-11(14)18/h2-3,8H,4-7,9H2,1H3,(H2,14,18). The summed E-state index contributed by atoms with van der Waals surface area (Å²) in [4.78, 5) is 38.2. The molecule has 0 atom stereocenters. The second-order valence-corrected chi connectivity index (χ2v) is 4.90. The lowest BCUT2D eigenvalue weighted by molar-refractivity contribution is -0.119. The Morgan fingerprint density at radius 2 is 1.90 bits per heavy atom. The summed E-state index contributed by atoms with van der Waals surface area (Å²) in [7, 11) is 1.64. The molecule has 0 unspecified atom stereocenters. The zero-order valence-corrected chi connectivity index (χ0v) is 11.4. The lowest BCUT2D eigenvalue weighted by atomic mass is 10.2. The van der Waals surface area contributed by atoms with Crippen LogP contribution in [0.3, 0.4) is 0 Å². The molecule has 1 aromatic rings. The molecular formula is C13H18N4O3. The number of rotatable bonds is 3. The Morgan fingerprint density at radius 3 is 2.45 bits per heavy atom. The molecule has 108 valence electrons. The summed E-state index contributed by atoms with van der Waals surface area (Å²) < 4.78 is 1.42. The Morgan fingerprint density at radius 1 is 1.25 bits per heavy atom. The minimum Gasteiger partial charge on any atom is -0.369 e. The SMILES string of the molecule is Cn1ccc(C(=O)N2CCN(CC(N)=O)CC2)cc1=O. The Labute approximate surface area is 116 Å². The van der Waals surface area contributed by atoms with Crippen molar-refractivity contribution in [3.63, 3.8) is 0 Å². The van der Waals surface area contributed by atoms with E-state index in [9.17, 15) is 14.4 Å². The summed E-state index contributed by atoms with van der Waals surface area (Å²) in [6.07, 6.45) is 1.58. The van der Waals surface area contributed by atoms with Gasteiger partial charge in [-0.15, -0.1) is 0 Å². The predicted octanol–water partition coefficient (Wildman–Crippen LogP) is -1.37. The van der Waals surface area contributed by atoms with E-state index in [1.165, 1.54) is 10.6 Å². The second-order valence-electron chi connectivity index (χ2n) is 4.90. The van der Waals surface area contributed by atoms with Crippen molar-refractivity contribution in [1.82, 2.24) is 14.4 Å². The van der Waals surface area contributed by atoms with Crippen LogP contribution >= 0.6 is 0 Å². The van der Waals surface area contributed by atoms with Gasteiger partial charge in [-0.25, -0.2) is 0 Å². The van der Waals surface area contributed by atoms with Crippen molar-refractivity contribution >= 4 is 11.8 Å². The molecule has 0 bridgehead atoms. The molecule has 0 saturated carbocycles. The predicted molar refractivity (Wildman–Crippen MR) is 73.2 cm³/mol. The summed E-state index contributed by atoms with van der Waals surface area (Å²) in [5.41, 5.74) is 5.34. The highest BCUT2D eigenvalue weighted by molar-refractivity contribution is 5.94. The minimum atomic E-state index is -0.365. The van der Waals surface area contributed by atoms with Crippen molar-refractivity contribution in [1.29, 1.82) is 0 Å². The van der Waals surface area contributed by atoms with Gasteiger partial charge in [0.2, 0.25) is 5.91 Å². The van der Waals surface area contributed by atoms with E-state index in [0.29, 0.717) is 31.7 Å². The van der Waals surface area contributed by atoms with Crippen molar-refractivity contribution in [2.45, 2.75) is 0 Å². The molecule has 1 aliphatic heterocycles. The number of pyridine rings is 1. The smallest absolute Gasteiger partial charge is 0.254 e. The van der Waals surface area contributed by atoms with Gasteiger partial charge in [-0.2, -0.15) is 0 Å². The van der Waals surface area contributed by atoms with Crippen LogP contribution in [0.4, 0.5) is 0 Å². The molecule has 2 N–H and O–H groups in total. The highest BCUT2D eigenvalue weighted by Gasteiger charge is 2.22. The number of carbonyl (C=O) groups excluding carboxylic acids is 2. The van der Waals surface area contributed by atoms with Crippen LogP contribution in [0.15, 0.2) is 23.1 Å². The number of nitrogens with zero attached hydrogens (tertiary/aromatic N) is 3. The fraction of sp³-hybridized carbons (Fsp3) is 0.462. The Balaban J connectivity index is 1.99. The van der Waals surface area contributed by atoms with E-state index in [2.05, 4.69) is 0 Å². The molecule has 0 spiro atoms. The first-order chi connectivity index (χ1) is 9.47. The molecule has 1 aliphatic rings. The van der Waals surface area contributed by atoms with E-state index in [0.717, 1.165) is 0 Å². The first-order valence-electron chi connectivity index (χ1n) is 6.44. The number of piperazine rings is 1. The number of nitrogens with two attached hydrogens (primary N) is 1. The molecule has 7 nitrogen and oxygen atoms in total. The fourth-order valence-electron chi connectivity index (χ4n) is 2.19. The zero-order valence-electron chi connectivity index (χ0n) is 11.4. The summed E-state index contributed by atoms with van der Waals surface area (Å²) in [6.45, 7) is 2.50. The van der Waals surface area contributed by atoms with Gasteiger partial charge in [0.1, 0.15) is 0 Å². The van der Waals surface area contributed by atoms with Crippen molar-refractivity contribution in [3.05, 3.63) is 34.2 Å². The van der Waals surface area contributed by atoms with Crippen molar-refractivity contribution < 1.29 is 9.59 Å². The molecule has 1 aromatic heterocycles. The number of aromatic nitrogens is 1. The molecule has 7 heteroatoms. The molecule has 0 aromatic carbocycles. The maximum atomic E-state index is 12.3. The largest absolute Gasteiger partial charge is 0.369 e. The maximum Gasteiger partial charge on any atom is 0.254 e. The number of primary amides is 1. The quantitative estimate of drug-likeness (QED) is 0.738. The highest BCUT2D eigenvalue weighted by Crippen LogP contribution is 2.07. The van der Waals surface area contributed by atoms with E-state index in [4.69, 9.17) is 5.73 Å². The van der Waals surface area contributed by atoms with Gasteiger partial charge in [-0.05, 0) is 6.07 Å². The monoisotopic (exact) mass is 278 g/mol. The van der Waals surface area contributed by atoms with Crippen LogP contribution in [0.1, 0.15) is 10.4 Å². The number of aryl methyl sites for hydroxylation is 1. The third kappa shape index (κ3) is 3.24. The third-order valence-electron chi connectivity index (χ3n) is 3.39. The summed E-state index contributed by atoms with van der Waals surface area (Å²) in [6, 6.07) is 2.98. The van der Waals surface area contributed by atoms with Gasteiger partial charge >= 0.3 is 0 Å². The Bertz CT molecular complexity index is 573. The summed E-state index contributed by atoms with van der Waals surface area (Å²) in [5.74, 6) is -0.516. The topological polar surface area (TPSA) is 88.6 Å². The summed E-state index contributed by atoms with van der Waals surface area (Å²) >= 11 is 0. The molecule has 0 aliphatic carbocycles. The van der Waals surface area contributed by atoms with Crippen LogP contribution in [0.25, 0.3) is 0 Å². The molecule has 1 saturated heterocycles. The van der Waals surface area contributed by atoms with Crippen LogP contribution in [-0.4, -0.2) is 58.9 Å². The molecule has 20 heavy (non-hydrogen) atoms. The van der Waals surface area contributed by atoms with Crippen LogP contribution in [0, 0.1) is 0 Å². The lowest BCUT2D eigenvalue weighted by Gasteiger charge is -2.34. The van der Waals surface area contributed by atoms with E-state index < -0.39 is 0 Å². The minimum absolute atomic E-state index is 0.151. The van der Waals surface area contributed by atoms with Gasteiger partial charge in [-0.3, -0.25) is 19.3 Å². The van der Waals surface area contributed by atoms with Crippen LogP contribution in [-0.2, 0) is 11.8 Å². The van der Waals surface area contributed by atoms with Gasteiger partial charge in [0, 0.05) is 51.1 Å². The van der Waals surface area contributed by atoms with Gasteiger partial charge in [0.05, 0.1) is 6.54 Å². The maximum absolute atomic E-state index is 12.3. The number of carbonyl (C=O) groups is 2. The molecule has 0 radical (unpaired) electrons. The Kier molecular flexibility index (Phi) is 4.19. The van der Waals surface area contributed by atoms with E-state index in [1.54, 1.807) is 24.2 Å². The fourth-order valence-corrected chi connectivity index (χ4v) is 2.19. The van der Waals surface area contributed by atoms with Crippen molar-refractivity contribution in [2.24, 2.45) is 12.8 Å². The molecule has 2 amide bonds. The normalized spacial score (nSPS) is 16.1. The molecule has 2 rings (SSSR count). The van der Waals surface area contributed by atoms with Gasteiger partial charge < -0.3 is 15.2 Å². The van der Waals surface area contributed by atoms with Crippen molar-refractivity contribution in [2.75, 3.05) is 32.7 Å². The average molecular weight is 278 g/mol. The Hall–Kier alpha value is -2.15. The highest BCUT2D eigenvalue weighted by atomic mass is 16.2. The number of hydrogen-bond acceptors (Lipinski definition) is 4. The number of amides is 2. The van der Waals surface area contributed by atoms with E-state index in [-0.39, 0.29) is 23.9 Å². The van der Waals surface area contributed by atoms with Crippen LogP contribution in [0.5, 0.6) is 0 Å². The zero-order chi connectivity index (χ0) is 14.7. The van der Waals surface area contributed by atoms with Crippen LogP contribution in [0.2, 0.25) is 0 Å². The molecule has 1 fully saturated rings. The van der Waals surface area contributed by atoms with Gasteiger partial charge in [0.15, 0.2) is 0 Å². The second kappa shape index (κ2) is 5.87.